The second-order valence-corrected chi connectivity index (χ2v) is 11.5. The van der Waals surface area contributed by atoms with Gasteiger partial charge in [-0.25, -0.2) is 0 Å². The van der Waals surface area contributed by atoms with Gasteiger partial charge in [-0.2, -0.15) is 0 Å². The number of phenolic OH excluding ortho intramolecular Hbond substituents is 1. The first-order chi connectivity index (χ1) is 13.2. The van der Waals surface area contributed by atoms with Gasteiger partial charge in [0.15, 0.2) is 0 Å². The molecule has 0 radical (unpaired) electrons. The van der Waals surface area contributed by atoms with E-state index in [2.05, 4.69) is 69.9 Å². The van der Waals surface area contributed by atoms with E-state index >= 15 is 0 Å². The Bertz CT molecular complexity index is 956. The van der Waals surface area contributed by atoms with Gasteiger partial charge in [-0.05, 0) is 70.9 Å². The van der Waals surface area contributed by atoms with E-state index in [1.54, 1.807) is 11.3 Å². The van der Waals surface area contributed by atoms with Crippen LogP contribution in [0.15, 0.2) is 16.6 Å². The number of hydrogen-bond acceptors (Lipinski definition) is 4. The molecule has 0 saturated heterocycles. The number of aromatic hydroxyl groups is 1. The van der Waals surface area contributed by atoms with E-state index in [1.165, 1.54) is 16.9 Å². The fourth-order valence-electron chi connectivity index (χ4n) is 4.22. The van der Waals surface area contributed by atoms with E-state index in [1.807, 2.05) is 12.1 Å². The molecular formula is C21H24BrIN2O2S. The quantitative estimate of drug-likeness (QED) is 0.382. The van der Waals surface area contributed by atoms with Gasteiger partial charge < -0.3 is 15.7 Å². The van der Waals surface area contributed by atoms with Crippen LogP contribution in [0.25, 0.3) is 0 Å². The molecule has 1 aliphatic heterocycles. The van der Waals surface area contributed by atoms with E-state index in [9.17, 15) is 9.90 Å². The summed E-state index contributed by atoms with van der Waals surface area (Å²) >= 11 is 7.30. The van der Waals surface area contributed by atoms with Crippen LogP contribution in [0.2, 0.25) is 0 Å². The summed E-state index contributed by atoms with van der Waals surface area (Å²) in [5, 5.41) is 18.0. The highest BCUT2D eigenvalue weighted by Crippen LogP contribution is 2.47. The number of hydrogen-bond donors (Lipinski definition) is 3. The predicted molar refractivity (Wildman–Crippen MR) is 126 cm³/mol. The van der Waals surface area contributed by atoms with E-state index < -0.39 is 6.17 Å². The molecule has 3 N–H and O–H groups in total. The van der Waals surface area contributed by atoms with Crippen LogP contribution in [-0.4, -0.2) is 11.0 Å². The minimum atomic E-state index is -0.436. The van der Waals surface area contributed by atoms with E-state index in [4.69, 9.17) is 0 Å². The van der Waals surface area contributed by atoms with Crippen LogP contribution in [0.1, 0.15) is 66.1 Å². The number of nitrogens with one attached hydrogen (secondary N) is 2. The lowest BCUT2D eigenvalue weighted by atomic mass is 9.69. The largest absolute Gasteiger partial charge is 0.506 e. The van der Waals surface area contributed by atoms with Crippen molar-refractivity contribution in [3.63, 3.8) is 0 Å². The zero-order valence-corrected chi connectivity index (χ0v) is 20.7. The number of thiophene rings is 1. The first-order valence-electron chi connectivity index (χ1n) is 9.61. The third-order valence-electron chi connectivity index (χ3n) is 6.43. The van der Waals surface area contributed by atoms with Crippen molar-refractivity contribution in [3.05, 3.63) is 41.7 Å². The van der Waals surface area contributed by atoms with Crippen molar-refractivity contribution in [3.8, 4) is 5.75 Å². The van der Waals surface area contributed by atoms with Crippen LogP contribution < -0.4 is 10.6 Å². The van der Waals surface area contributed by atoms with Crippen LogP contribution in [0.3, 0.4) is 0 Å². The fraction of sp³-hybridized carbons (Fsp3) is 0.476. The molecule has 2 aliphatic rings. The molecule has 0 saturated carbocycles. The smallest absolute Gasteiger partial charge is 0.256 e. The molecule has 2 atom stereocenters. The fourth-order valence-corrected chi connectivity index (χ4v) is 7.12. The van der Waals surface area contributed by atoms with Gasteiger partial charge in [0.05, 0.1) is 9.13 Å². The molecule has 1 aromatic heterocycles. The highest BCUT2D eigenvalue weighted by Gasteiger charge is 2.37. The average molecular weight is 575 g/mol. The molecule has 150 valence electrons. The van der Waals surface area contributed by atoms with Gasteiger partial charge in [-0.1, -0.05) is 43.1 Å². The Morgan fingerprint density at radius 3 is 2.82 bits per heavy atom. The number of carbonyl (C=O) groups is 1. The summed E-state index contributed by atoms with van der Waals surface area (Å²) in [6, 6.07) is 3.71. The van der Waals surface area contributed by atoms with Gasteiger partial charge in [-0.15, -0.1) is 11.3 Å². The molecule has 1 amide bonds. The first kappa shape index (κ1) is 20.5. The number of amides is 1. The summed E-state index contributed by atoms with van der Waals surface area (Å²) in [4.78, 5) is 14.3. The van der Waals surface area contributed by atoms with Gasteiger partial charge in [0.2, 0.25) is 0 Å². The third-order valence-corrected chi connectivity index (χ3v) is 8.89. The lowest BCUT2D eigenvalue weighted by Gasteiger charge is -2.36. The van der Waals surface area contributed by atoms with Crippen molar-refractivity contribution in [1.29, 1.82) is 0 Å². The number of rotatable bonds is 3. The van der Waals surface area contributed by atoms with Gasteiger partial charge in [-0.3, -0.25) is 4.79 Å². The van der Waals surface area contributed by atoms with Crippen LogP contribution in [-0.2, 0) is 12.8 Å². The minimum absolute atomic E-state index is 0.0427. The average Bonchev–Trinajstić information content (AvgIpc) is 3.02. The Balaban J connectivity index is 1.67. The Hall–Kier alpha value is -0.800. The van der Waals surface area contributed by atoms with E-state index in [0.717, 1.165) is 37.9 Å². The van der Waals surface area contributed by atoms with Crippen LogP contribution in [0.5, 0.6) is 5.75 Å². The standard InChI is InChI=1S/C21H24BrIN2O2S/c1-4-21(2,3)10-5-6-12-15(7-10)28-20-16(12)19(27)24-18(25-20)13-8-11(22)9-14(23)17(13)26/h8-10,18,25-26H,4-7H2,1-3H3,(H,24,27)/t10-,18+/m1/s1. The second-order valence-electron chi connectivity index (χ2n) is 8.37. The molecule has 0 unspecified atom stereocenters. The molecule has 1 aromatic carbocycles. The van der Waals surface area contributed by atoms with Crippen molar-refractivity contribution in [1.82, 2.24) is 5.32 Å². The second kappa shape index (κ2) is 7.47. The summed E-state index contributed by atoms with van der Waals surface area (Å²) in [6.07, 6.45) is 3.88. The zero-order valence-electron chi connectivity index (χ0n) is 16.2. The maximum Gasteiger partial charge on any atom is 0.256 e. The summed E-state index contributed by atoms with van der Waals surface area (Å²) in [7, 11) is 0. The highest BCUT2D eigenvalue weighted by molar-refractivity contribution is 14.1. The molecule has 2 aromatic rings. The summed E-state index contributed by atoms with van der Waals surface area (Å²) in [5.41, 5.74) is 3.03. The normalized spacial score (nSPS) is 21.5. The molecule has 28 heavy (non-hydrogen) atoms. The minimum Gasteiger partial charge on any atom is -0.506 e. The van der Waals surface area contributed by atoms with Gasteiger partial charge >= 0.3 is 0 Å². The maximum atomic E-state index is 13.0. The molecule has 7 heteroatoms. The summed E-state index contributed by atoms with van der Waals surface area (Å²) in [5.74, 6) is 0.814. The van der Waals surface area contributed by atoms with Crippen LogP contribution >= 0.6 is 49.9 Å². The Kier molecular flexibility index (Phi) is 5.46. The van der Waals surface area contributed by atoms with Crippen LogP contribution in [0, 0.1) is 14.9 Å². The summed E-state index contributed by atoms with van der Waals surface area (Å²) < 4.78 is 1.63. The van der Waals surface area contributed by atoms with Crippen molar-refractivity contribution in [2.24, 2.45) is 11.3 Å². The van der Waals surface area contributed by atoms with Gasteiger partial charge in [0.25, 0.3) is 5.91 Å². The number of benzene rings is 1. The number of fused-ring (bicyclic) bond motifs is 3. The number of halogens is 2. The predicted octanol–water partition coefficient (Wildman–Crippen LogP) is 6.22. The summed E-state index contributed by atoms with van der Waals surface area (Å²) in [6.45, 7) is 6.98. The SMILES string of the molecule is CCC(C)(C)[C@@H]1CCc2c(sc3c2C(=O)N[C@H](c2cc(Br)cc(I)c2O)N3)C1. The Labute approximate surface area is 191 Å². The maximum absolute atomic E-state index is 13.0. The van der Waals surface area contributed by atoms with Gasteiger partial charge in [0.1, 0.15) is 16.9 Å². The lowest BCUT2D eigenvalue weighted by Crippen LogP contribution is -2.38. The van der Waals surface area contributed by atoms with E-state index in [-0.39, 0.29) is 11.7 Å². The van der Waals surface area contributed by atoms with Crippen molar-refractivity contribution >= 4 is 60.8 Å². The highest BCUT2D eigenvalue weighted by atomic mass is 127. The molecule has 0 spiro atoms. The first-order valence-corrected chi connectivity index (χ1v) is 12.3. The van der Waals surface area contributed by atoms with Gasteiger partial charge in [0, 0.05) is 14.9 Å². The third kappa shape index (κ3) is 3.47. The number of phenols is 1. The molecule has 4 nitrogen and oxygen atoms in total. The monoisotopic (exact) mass is 574 g/mol. The lowest BCUT2D eigenvalue weighted by molar-refractivity contribution is 0.0934. The topological polar surface area (TPSA) is 61.4 Å². The van der Waals surface area contributed by atoms with Crippen molar-refractivity contribution in [2.45, 2.75) is 52.6 Å². The number of anilines is 1. The number of carbonyl (C=O) groups excluding carboxylic acids is 1. The molecule has 2 heterocycles. The Morgan fingerprint density at radius 1 is 1.36 bits per heavy atom. The zero-order chi connectivity index (χ0) is 20.2. The molecular weight excluding hydrogens is 551 g/mol. The van der Waals surface area contributed by atoms with E-state index in [0.29, 0.717) is 16.9 Å². The molecule has 0 fully saturated rings. The molecule has 0 bridgehead atoms. The molecule has 1 aliphatic carbocycles. The van der Waals surface area contributed by atoms with Crippen LogP contribution in [0.4, 0.5) is 5.00 Å². The Morgan fingerprint density at radius 2 is 2.11 bits per heavy atom. The van der Waals surface area contributed by atoms with Crippen molar-refractivity contribution < 1.29 is 9.90 Å². The van der Waals surface area contributed by atoms with Crippen molar-refractivity contribution in [2.75, 3.05) is 5.32 Å². The molecule has 4 rings (SSSR count).